The van der Waals surface area contributed by atoms with Crippen LogP contribution in [0.1, 0.15) is 41.0 Å². The molecule has 37 heteroatoms. The fourth-order valence-electron chi connectivity index (χ4n) is 10.7. The number of amides is 5. The second kappa shape index (κ2) is 28.7. The monoisotopic (exact) mass is 1210 g/mol. The number of hydrogen-bond acceptors (Lipinski definition) is 33. The molecule has 0 spiro atoms. The van der Waals surface area contributed by atoms with Gasteiger partial charge in [0.25, 0.3) is 5.79 Å². The van der Waals surface area contributed by atoms with Crippen molar-refractivity contribution in [2.45, 2.75) is 206 Å². The summed E-state index contributed by atoms with van der Waals surface area (Å²) in [5.41, 5.74) is 5.61. The molecule has 5 fully saturated rings. The molecule has 5 aliphatic rings. The van der Waals surface area contributed by atoms with E-state index in [1.54, 1.807) is 0 Å². The third-order valence-electron chi connectivity index (χ3n) is 14.9. The van der Waals surface area contributed by atoms with Gasteiger partial charge in [-0.3, -0.25) is 19.3 Å². The smallest absolute Gasteiger partial charge is 0.364 e. The molecular formula is C46H74N3O34+. The van der Waals surface area contributed by atoms with E-state index in [4.69, 9.17) is 53.1 Å². The zero-order valence-corrected chi connectivity index (χ0v) is 45.0. The van der Waals surface area contributed by atoms with Crippen LogP contribution in [-0.4, -0.2) is 342 Å². The Morgan fingerprint density at radius 3 is 1.31 bits per heavy atom. The Kier molecular flexibility index (Phi) is 24.1. The maximum absolute atomic E-state index is 13.5. The van der Waals surface area contributed by atoms with Gasteiger partial charge >= 0.3 is 29.7 Å². The van der Waals surface area contributed by atoms with Gasteiger partial charge in [-0.05, 0) is 0 Å². The number of rotatable bonds is 22. The molecule has 19 N–H and O–H groups in total. The van der Waals surface area contributed by atoms with Crippen molar-refractivity contribution in [3.63, 3.8) is 0 Å². The molecule has 5 aliphatic heterocycles. The van der Waals surface area contributed by atoms with Crippen molar-refractivity contribution in [2.24, 2.45) is 5.73 Å². The summed E-state index contributed by atoms with van der Waals surface area (Å²) in [6.07, 6.45) is -53.2. The number of aliphatic hydroxyl groups excluding tert-OH is 15. The predicted octanol–water partition coefficient (Wildman–Crippen LogP) is -12.4. The topological polar surface area (TPSA) is 585 Å². The summed E-state index contributed by atoms with van der Waals surface area (Å²) < 4.78 is 54.9. The zero-order valence-electron chi connectivity index (χ0n) is 45.0. The number of carbonyl (C=O) groups excluding carboxylic acids is 5. The van der Waals surface area contributed by atoms with Crippen LogP contribution >= 0.6 is 0 Å². The lowest BCUT2D eigenvalue weighted by Crippen LogP contribution is -2.77. The lowest BCUT2D eigenvalue weighted by molar-refractivity contribution is -0.754. The van der Waals surface area contributed by atoms with Crippen LogP contribution in [0.3, 0.4) is 0 Å². The number of aliphatic carboxylic acids is 2. The van der Waals surface area contributed by atoms with E-state index in [1.165, 1.54) is 0 Å². The maximum atomic E-state index is 13.5. The highest BCUT2D eigenvalue weighted by Crippen LogP contribution is 2.42. The third kappa shape index (κ3) is 13.9. The average Bonchev–Trinajstić information content (AvgIpc) is 1.47. The first-order valence-corrected chi connectivity index (χ1v) is 25.6. The molecule has 476 valence electrons. The molecule has 0 saturated carbocycles. The molecule has 37 nitrogen and oxygen atoms in total. The van der Waals surface area contributed by atoms with E-state index in [2.05, 4.69) is 0 Å². The van der Waals surface area contributed by atoms with Crippen molar-refractivity contribution in [3.05, 3.63) is 0 Å². The highest BCUT2D eigenvalue weighted by Gasteiger charge is 2.66. The van der Waals surface area contributed by atoms with Gasteiger partial charge in [-0.25, -0.2) is 19.2 Å². The van der Waals surface area contributed by atoms with Crippen LogP contribution in [0, 0.1) is 0 Å². The SMILES string of the molecule is CC(=O)N(C(C)=O)[C@H]1[C@H]([C@H](O)[C@H](O)CO)O[C@@](O[C@H]2[C@@H](O)[C@@H](CO)OC(O[C@H]3[C@@H](O)[C@@H](CO)OC(O[C@H]4[C@@H](O)[C@@H](CO)OC(O[C@H]5[C@@H](O)[C@@H](CO)OC(OC[C@H](N)C(=O)O)[C@@H]5[N+](C(C)=O)(C(C)=O)C(C)=O)[C@@H]4O)[C@@H]3O)[C@@H]2O)(C(=O)O)C[C@@H]1O. The Bertz CT molecular complexity index is 2220. The number of imide groups is 4. The van der Waals surface area contributed by atoms with Gasteiger partial charge in [-0.2, -0.15) is 0 Å². The van der Waals surface area contributed by atoms with Gasteiger partial charge in [-0.15, -0.1) is 4.48 Å². The first kappa shape index (κ1) is 69.8. The van der Waals surface area contributed by atoms with Crippen LogP contribution in [0.15, 0.2) is 0 Å². The Morgan fingerprint density at radius 2 is 0.952 bits per heavy atom. The van der Waals surface area contributed by atoms with Crippen molar-refractivity contribution < 1.29 is 172 Å². The summed E-state index contributed by atoms with van der Waals surface area (Å²) in [7, 11) is 0. The van der Waals surface area contributed by atoms with E-state index in [9.17, 15) is 120 Å². The summed E-state index contributed by atoms with van der Waals surface area (Å²) in [5, 5.41) is 185. The molecule has 0 aliphatic carbocycles. The summed E-state index contributed by atoms with van der Waals surface area (Å²) in [6.45, 7) is -2.88. The lowest BCUT2D eigenvalue weighted by Gasteiger charge is -2.52. The predicted molar refractivity (Wildman–Crippen MR) is 254 cm³/mol. The minimum absolute atomic E-state index is 0.354. The van der Waals surface area contributed by atoms with Crippen LogP contribution in [0.5, 0.6) is 0 Å². The van der Waals surface area contributed by atoms with E-state index >= 15 is 0 Å². The number of nitrogens with zero attached hydrogens (tertiary/aromatic N) is 2. The first-order valence-electron chi connectivity index (χ1n) is 25.6. The number of hydrogen-bond donors (Lipinski definition) is 18. The fourth-order valence-corrected chi connectivity index (χ4v) is 10.7. The van der Waals surface area contributed by atoms with Gasteiger partial charge in [-0.1, -0.05) is 0 Å². The standard InChI is InChI=1S/C46H73N3O34/c1-13(55)48(14(2)56)25-19(60)6-46(45(72)73,82-35(25)27(62)20(61)7-50)83-39-31(66)24(11-54)78-44(34(39)69)81-38-30(65)23(10-53)77-43(33(38)68)80-37-29(64)22(9-52)76-42(32(37)67)79-36-26(49(15(3)57,16(4)58)17(5)59)41(74-12-18(47)40(70)71)75-21(8-51)28(36)63/h18-39,41-44,50-54,60-69H,6-12,47H2,1-5H3,(H-,70,71,72,73)/p+1/t18-,19-,20+,21+,22+,23+,24+,25+,26+,27+,28-,29-,30-,31-,32+,33+,34+,35+,36+,37-,38-,39-,41?,42?,43?,44?,46-/m0/s1. The van der Waals surface area contributed by atoms with Crippen LogP contribution < -0.4 is 5.73 Å². The van der Waals surface area contributed by atoms with Crippen molar-refractivity contribution in [2.75, 3.05) is 39.6 Å². The molecule has 5 amide bonds. The molecule has 5 heterocycles. The van der Waals surface area contributed by atoms with Crippen molar-refractivity contribution in [1.29, 1.82) is 0 Å². The normalized spacial score (nSPS) is 40.8. The number of carboxylic acids is 2. The minimum atomic E-state index is -3.37. The third-order valence-corrected chi connectivity index (χ3v) is 14.9. The van der Waals surface area contributed by atoms with Crippen molar-refractivity contribution >= 4 is 41.5 Å². The molecule has 0 radical (unpaired) electrons. The van der Waals surface area contributed by atoms with Gasteiger partial charge in [0.05, 0.1) is 72.6 Å². The lowest BCUT2D eigenvalue weighted by atomic mass is 9.87. The number of aliphatic hydroxyl groups is 15. The minimum Gasteiger partial charge on any atom is -0.480 e. The maximum Gasteiger partial charge on any atom is 0.364 e. The largest absolute Gasteiger partial charge is 0.480 e. The average molecular weight is 1210 g/mol. The Balaban J connectivity index is 1.49. The molecular weight excluding hydrogens is 1140 g/mol. The second-order valence-corrected chi connectivity index (χ2v) is 20.3. The number of quaternary nitrogens is 1. The van der Waals surface area contributed by atoms with Gasteiger partial charge in [0.1, 0.15) is 116 Å². The second-order valence-electron chi connectivity index (χ2n) is 20.3. The molecule has 5 saturated heterocycles. The summed E-state index contributed by atoms with van der Waals surface area (Å²) >= 11 is 0. The van der Waals surface area contributed by atoms with E-state index in [1.807, 2.05) is 0 Å². The quantitative estimate of drug-likeness (QED) is 0.0448. The van der Waals surface area contributed by atoms with Gasteiger partial charge < -0.3 is 140 Å². The van der Waals surface area contributed by atoms with Crippen LogP contribution in [0.2, 0.25) is 0 Å². The van der Waals surface area contributed by atoms with Gasteiger partial charge in [0, 0.05) is 20.3 Å². The molecule has 0 aromatic heterocycles. The van der Waals surface area contributed by atoms with Gasteiger partial charge in [0.15, 0.2) is 24.9 Å². The van der Waals surface area contributed by atoms with Crippen molar-refractivity contribution in [3.8, 4) is 0 Å². The fraction of sp³-hybridized carbons (Fsp3) is 0.848. The highest BCUT2D eigenvalue weighted by atomic mass is 16.8. The number of carboxylic acid groups (broad SMARTS) is 2. The van der Waals surface area contributed by atoms with Crippen LogP contribution in [0.25, 0.3) is 0 Å². The van der Waals surface area contributed by atoms with Gasteiger partial charge in [0.2, 0.25) is 18.1 Å². The summed E-state index contributed by atoms with van der Waals surface area (Å²) in [5.74, 6) is -13.1. The molecule has 5 rings (SSSR count). The number of carbonyl (C=O) groups is 7. The molecule has 83 heavy (non-hydrogen) atoms. The van der Waals surface area contributed by atoms with E-state index in [-0.39, 0.29) is 0 Å². The Labute approximate surface area is 469 Å². The first-order chi connectivity index (χ1) is 38.8. The van der Waals surface area contributed by atoms with Crippen LogP contribution in [0.4, 0.5) is 0 Å². The molecule has 27 atom stereocenters. The highest BCUT2D eigenvalue weighted by molar-refractivity contribution is 5.96. The van der Waals surface area contributed by atoms with E-state index < -0.39 is 257 Å². The molecule has 0 bridgehead atoms. The Morgan fingerprint density at radius 1 is 0.578 bits per heavy atom. The summed E-state index contributed by atoms with van der Waals surface area (Å²) in [4.78, 5) is 91.0. The zero-order chi connectivity index (χ0) is 62.7. The number of ether oxygens (including phenoxy) is 10. The van der Waals surface area contributed by atoms with Crippen molar-refractivity contribution in [1.82, 2.24) is 4.90 Å². The Hall–Kier alpha value is -3.99. The van der Waals surface area contributed by atoms with E-state index in [0.29, 0.717) is 4.90 Å². The van der Waals surface area contributed by atoms with E-state index in [0.717, 1.165) is 34.6 Å². The summed E-state index contributed by atoms with van der Waals surface area (Å²) in [6, 6.07) is -6.05. The molecule has 4 unspecified atom stereocenters. The molecule has 0 aromatic carbocycles. The number of nitrogens with two attached hydrogens (primary N) is 1. The van der Waals surface area contributed by atoms with Crippen LogP contribution in [-0.2, 0) is 80.9 Å². The molecule has 0 aromatic rings.